The standard InChI is InChI=1S/C13H15Cl2NO2/c1-8-10(13(17)18)4-5-16(8)7-9-2-3-11(14)12(15)6-9/h2-3,6,8,10H,4-5,7H2,1H3,(H,17,18). The van der Waals surface area contributed by atoms with E-state index in [0.717, 1.165) is 12.1 Å². The first kappa shape index (κ1) is 13.7. The Kier molecular flexibility index (Phi) is 4.15. The number of carboxylic acids is 1. The largest absolute Gasteiger partial charge is 0.481 e. The number of aliphatic carboxylic acids is 1. The minimum absolute atomic E-state index is 0.0527. The maximum Gasteiger partial charge on any atom is 0.308 e. The van der Waals surface area contributed by atoms with Crippen LogP contribution in [0.4, 0.5) is 0 Å². The van der Waals surface area contributed by atoms with Crippen LogP contribution in [0.15, 0.2) is 18.2 Å². The number of halogens is 2. The van der Waals surface area contributed by atoms with Gasteiger partial charge in [0.2, 0.25) is 0 Å². The van der Waals surface area contributed by atoms with Crippen molar-refractivity contribution < 1.29 is 9.90 Å². The first-order chi connectivity index (χ1) is 8.49. The van der Waals surface area contributed by atoms with Crippen molar-refractivity contribution in [2.24, 2.45) is 5.92 Å². The van der Waals surface area contributed by atoms with Crippen molar-refractivity contribution in [3.8, 4) is 0 Å². The lowest BCUT2D eigenvalue weighted by atomic mass is 10.0. The summed E-state index contributed by atoms with van der Waals surface area (Å²) < 4.78 is 0. The molecule has 98 valence electrons. The third kappa shape index (κ3) is 2.79. The molecule has 0 amide bonds. The molecule has 1 fully saturated rings. The molecule has 2 atom stereocenters. The fourth-order valence-electron chi connectivity index (χ4n) is 2.43. The van der Waals surface area contributed by atoms with Crippen LogP contribution in [-0.4, -0.2) is 28.6 Å². The second-order valence-electron chi connectivity index (χ2n) is 4.69. The van der Waals surface area contributed by atoms with Gasteiger partial charge >= 0.3 is 5.97 Å². The van der Waals surface area contributed by atoms with E-state index in [4.69, 9.17) is 28.3 Å². The highest BCUT2D eigenvalue weighted by Gasteiger charge is 2.35. The number of hydrogen-bond acceptors (Lipinski definition) is 2. The summed E-state index contributed by atoms with van der Waals surface area (Å²) in [5.41, 5.74) is 1.06. The maximum atomic E-state index is 11.0. The Morgan fingerprint density at radius 2 is 2.17 bits per heavy atom. The van der Waals surface area contributed by atoms with Gasteiger partial charge in [-0.05, 0) is 37.6 Å². The molecule has 0 spiro atoms. The molecule has 1 aliphatic heterocycles. The summed E-state index contributed by atoms with van der Waals surface area (Å²) in [5, 5.41) is 10.2. The molecule has 5 heteroatoms. The number of hydrogen-bond donors (Lipinski definition) is 1. The molecule has 0 aliphatic carbocycles. The fourth-order valence-corrected chi connectivity index (χ4v) is 2.75. The van der Waals surface area contributed by atoms with Gasteiger partial charge in [-0.3, -0.25) is 9.69 Å². The molecule has 0 radical (unpaired) electrons. The monoisotopic (exact) mass is 287 g/mol. The highest BCUT2D eigenvalue weighted by molar-refractivity contribution is 6.42. The number of nitrogens with zero attached hydrogens (tertiary/aromatic N) is 1. The number of carbonyl (C=O) groups is 1. The van der Waals surface area contributed by atoms with Gasteiger partial charge in [0.05, 0.1) is 16.0 Å². The predicted octanol–water partition coefficient (Wildman–Crippen LogP) is 3.29. The molecule has 1 N–H and O–H groups in total. The minimum atomic E-state index is -0.709. The van der Waals surface area contributed by atoms with E-state index < -0.39 is 5.97 Å². The summed E-state index contributed by atoms with van der Waals surface area (Å²) >= 11 is 11.8. The van der Waals surface area contributed by atoms with Gasteiger partial charge in [-0.25, -0.2) is 0 Å². The highest BCUT2D eigenvalue weighted by atomic mass is 35.5. The van der Waals surface area contributed by atoms with Crippen LogP contribution in [-0.2, 0) is 11.3 Å². The van der Waals surface area contributed by atoms with Crippen LogP contribution >= 0.6 is 23.2 Å². The van der Waals surface area contributed by atoms with Gasteiger partial charge in [0.25, 0.3) is 0 Å². The quantitative estimate of drug-likeness (QED) is 0.927. The maximum absolute atomic E-state index is 11.0. The van der Waals surface area contributed by atoms with Crippen LogP contribution in [0.2, 0.25) is 10.0 Å². The first-order valence-corrected chi connectivity index (χ1v) is 6.65. The number of rotatable bonds is 3. The van der Waals surface area contributed by atoms with Gasteiger partial charge < -0.3 is 5.11 Å². The lowest BCUT2D eigenvalue weighted by Gasteiger charge is -2.23. The summed E-state index contributed by atoms with van der Waals surface area (Å²) in [4.78, 5) is 13.2. The Balaban J connectivity index is 2.06. The Hall–Kier alpha value is -0.770. The van der Waals surface area contributed by atoms with E-state index in [0.29, 0.717) is 23.0 Å². The lowest BCUT2D eigenvalue weighted by Crippen LogP contribution is -2.32. The molecule has 1 aromatic carbocycles. The van der Waals surface area contributed by atoms with Gasteiger partial charge in [0.15, 0.2) is 0 Å². The Morgan fingerprint density at radius 1 is 1.44 bits per heavy atom. The van der Waals surface area contributed by atoms with E-state index in [1.807, 2.05) is 19.1 Å². The summed E-state index contributed by atoms with van der Waals surface area (Å²) in [6, 6.07) is 5.59. The van der Waals surface area contributed by atoms with Crippen molar-refractivity contribution in [1.82, 2.24) is 4.90 Å². The SMILES string of the molecule is CC1C(C(=O)O)CCN1Cc1ccc(Cl)c(Cl)c1. The molecule has 2 unspecified atom stereocenters. The average Bonchev–Trinajstić information content (AvgIpc) is 2.66. The summed E-state index contributed by atoms with van der Waals surface area (Å²) in [6.45, 7) is 3.48. The lowest BCUT2D eigenvalue weighted by molar-refractivity contribution is -0.142. The summed E-state index contributed by atoms with van der Waals surface area (Å²) in [7, 11) is 0. The molecule has 1 saturated heterocycles. The summed E-state index contributed by atoms with van der Waals surface area (Å²) in [6.07, 6.45) is 0.706. The van der Waals surface area contributed by atoms with E-state index in [2.05, 4.69) is 4.90 Å². The van der Waals surface area contributed by atoms with Crippen LogP contribution in [0.1, 0.15) is 18.9 Å². The normalized spacial score (nSPS) is 24.4. The Morgan fingerprint density at radius 3 is 2.72 bits per heavy atom. The molecule has 1 aromatic rings. The highest BCUT2D eigenvalue weighted by Crippen LogP contribution is 2.28. The van der Waals surface area contributed by atoms with E-state index >= 15 is 0 Å². The number of likely N-dealkylation sites (tertiary alicyclic amines) is 1. The van der Waals surface area contributed by atoms with Crippen molar-refractivity contribution in [3.63, 3.8) is 0 Å². The van der Waals surface area contributed by atoms with Gasteiger partial charge in [-0.15, -0.1) is 0 Å². The fraction of sp³-hybridized carbons (Fsp3) is 0.462. The molecular formula is C13H15Cl2NO2. The smallest absolute Gasteiger partial charge is 0.308 e. The zero-order valence-corrected chi connectivity index (χ0v) is 11.6. The number of carboxylic acid groups (broad SMARTS) is 1. The van der Waals surface area contributed by atoms with Crippen molar-refractivity contribution in [2.75, 3.05) is 6.54 Å². The van der Waals surface area contributed by atoms with Gasteiger partial charge in [-0.2, -0.15) is 0 Å². The van der Waals surface area contributed by atoms with Crippen LogP contribution in [0.5, 0.6) is 0 Å². The topological polar surface area (TPSA) is 40.5 Å². The molecule has 0 aromatic heterocycles. The molecule has 1 aliphatic rings. The second-order valence-corrected chi connectivity index (χ2v) is 5.51. The van der Waals surface area contributed by atoms with Gasteiger partial charge in [0, 0.05) is 12.6 Å². The van der Waals surface area contributed by atoms with Crippen molar-refractivity contribution in [3.05, 3.63) is 33.8 Å². The zero-order valence-electron chi connectivity index (χ0n) is 10.1. The first-order valence-electron chi connectivity index (χ1n) is 5.90. The van der Waals surface area contributed by atoms with Crippen LogP contribution < -0.4 is 0 Å². The van der Waals surface area contributed by atoms with E-state index in [9.17, 15) is 4.79 Å². The van der Waals surface area contributed by atoms with E-state index in [1.165, 1.54) is 0 Å². The Labute approximate surface area is 116 Å². The summed E-state index contributed by atoms with van der Waals surface area (Å²) in [5.74, 6) is -0.980. The molecule has 2 rings (SSSR count). The zero-order chi connectivity index (χ0) is 13.3. The predicted molar refractivity (Wildman–Crippen MR) is 72.1 cm³/mol. The van der Waals surface area contributed by atoms with Gasteiger partial charge in [-0.1, -0.05) is 29.3 Å². The molecule has 1 heterocycles. The van der Waals surface area contributed by atoms with Crippen molar-refractivity contribution in [1.29, 1.82) is 0 Å². The average molecular weight is 288 g/mol. The third-order valence-electron chi connectivity index (χ3n) is 3.57. The molecule has 3 nitrogen and oxygen atoms in total. The third-order valence-corrected chi connectivity index (χ3v) is 4.31. The van der Waals surface area contributed by atoms with E-state index in [1.54, 1.807) is 6.07 Å². The minimum Gasteiger partial charge on any atom is -0.481 e. The molecule has 18 heavy (non-hydrogen) atoms. The van der Waals surface area contributed by atoms with E-state index in [-0.39, 0.29) is 12.0 Å². The van der Waals surface area contributed by atoms with Crippen LogP contribution in [0.25, 0.3) is 0 Å². The van der Waals surface area contributed by atoms with Crippen LogP contribution in [0, 0.1) is 5.92 Å². The second kappa shape index (κ2) is 5.47. The van der Waals surface area contributed by atoms with Crippen molar-refractivity contribution in [2.45, 2.75) is 25.9 Å². The van der Waals surface area contributed by atoms with Crippen LogP contribution in [0.3, 0.4) is 0 Å². The van der Waals surface area contributed by atoms with Gasteiger partial charge in [0.1, 0.15) is 0 Å². The van der Waals surface area contributed by atoms with Crippen molar-refractivity contribution >= 4 is 29.2 Å². The Bertz CT molecular complexity index is 464. The molecule has 0 bridgehead atoms. The molecular weight excluding hydrogens is 273 g/mol. The molecule has 0 saturated carbocycles. The number of benzene rings is 1.